The highest BCUT2D eigenvalue weighted by Gasteiger charge is 2.22. The van der Waals surface area contributed by atoms with Crippen LogP contribution in [0, 0.1) is 11.8 Å². The molecule has 1 aliphatic carbocycles. The summed E-state index contributed by atoms with van der Waals surface area (Å²) in [5, 5.41) is 13.5. The van der Waals surface area contributed by atoms with Crippen molar-refractivity contribution in [1.82, 2.24) is 9.97 Å². The van der Waals surface area contributed by atoms with Crippen molar-refractivity contribution in [2.45, 2.75) is 64.4 Å². The quantitative estimate of drug-likeness (QED) is 0.781. The van der Waals surface area contributed by atoms with Gasteiger partial charge < -0.3 is 15.3 Å². The number of hydrogen-bond donors (Lipinski definition) is 2. The highest BCUT2D eigenvalue weighted by Crippen LogP contribution is 2.28. The minimum absolute atomic E-state index is 0.0782. The Morgan fingerprint density at radius 3 is 2.92 bits per heavy atom. The van der Waals surface area contributed by atoms with Crippen LogP contribution in [-0.4, -0.2) is 40.8 Å². The predicted octanol–water partition coefficient (Wildman–Crippen LogP) is 3.46. The predicted molar refractivity (Wildman–Crippen MR) is 98.3 cm³/mol. The average Bonchev–Trinajstić information content (AvgIpc) is 2.60. The highest BCUT2D eigenvalue weighted by molar-refractivity contribution is 5.48. The third-order valence-electron chi connectivity index (χ3n) is 5.56. The molecule has 0 radical (unpaired) electrons. The van der Waals surface area contributed by atoms with Gasteiger partial charge in [-0.1, -0.05) is 19.8 Å². The molecule has 2 heterocycles. The van der Waals surface area contributed by atoms with Gasteiger partial charge in [-0.25, -0.2) is 9.97 Å². The highest BCUT2D eigenvalue weighted by atomic mass is 16.3. The number of nitrogens with one attached hydrogen (secondary N) is 1. The second-order valence-corrected chi connectivity index (χ2v) is 7.64. The molecule has 0 aromatic carbocycles. The molecule has 5 heteroatoms. The van der Waals surface area contributed by atoms with Crippen molar-refractivity contribution in [3.63, 3.8) is 0 Å². The van der Waals surface area contributed by atoms with Gasteiger partial charge in [-0.3, -0.25) is 0 Å². The largest absolute Gasteiger partial charge is 0.393 e. The Labute approximate surface area is 145 Å². The van der Waals surface area contributed by atoms with E-state index in [4.69, 9.17) is 0 Å². The topological polar surface area (TPSA) is 61.3 Å². The molecule has 134 valence electrons. The van der Waals surface area contributed by atoms with E-state index in [1.807, 2.05) is 0 Å². The Morgan fingerprint density at radius 2 is 2.08 bits per heavy atom. The molecule has 24 heavy (non-hydrogen) atoms. The van der Waals surface area contributed by atoms with Crippen molar-refractivity contribution in [1.29, 1.82) is 0 Å². The Kier molecular flexibility index (Phi) is 6.30. The zero-order valence-corrected chi connectivity index (χ0v) is 15.0. The Hall–Kier alpha value is -1.36. The SMILES string of the molecule is CC1CCCN(c2cc(NCCCC3CCCCC3O)ncn2)C1. The van der Waals surface area contributed by atoms with Crippen LogP contribution in [0.15, 0.2) is 12.4 Å². The van der Waals surface area contributed by atoms with Crippen LogP contribution < -0.4 is 10.2 Å². The summed E-state index contributed by atoms with van der Waals surface area (Å²) in [6.45, 7) is 5.42. The molecule has 1 aromatic heterocycles. The Bertz CT molecular complexity index is 510. The number of aromatic nitrogens is 2. The number of aliphatic hydroxyl groups is 1. The maximum absolute atomic E-state index is 10.0. The zero-order valence-electron chi connectivity index (χ0n) is 15.0. The van der Waals surface area contributed by atoms with Crippen LogP contribution in [0.25, 0.3) is 0 Å². The molecule has 3 rings (SSSR count). The first-order chi connectivity index (χ1) is 11.7. The number of anilines is 2. The van der Waals surface area contributed by atoms with Crippen LogP contribution >= 0.6 is 0 Å². The molecule has 2 fully saturated rings. The van der Waals surface area contributed by atoms with E-state index in [2.05, 4.69) is 33.2 Å². The van der Waals surface area contributed by atoms with Crippen LogP contribution in [0.2, 0.25) is 0 Å². The standard InChI is InChI=1S/C19H32N4O/c1-15-6-5-11-23(13-15)19-12-18(21-14-22-19)20-10-4-8-16-7-2-3-9-17(16)24/h12,14-17,24H,2-11,13H2,1H3,(H,20,21,22). The van der Waals surface area contributed by atoms with E-state index in [1.54, 1.807) is 6.33 Å². The molecule has 2 aliphatic rings. The molecular formula is C19H32N4O. The lowest BCUT2D eigenvalue weighted by atomic mass is 9.83. The molecule has 1 aliphatic heterocycles. The van der Waals surface area contributed by atoms with Gasteiger partial charge in [-0.15, -0.1) is 0 Å². The summed E-state index contributed by atoms with van der Waals surface area (Å²) < 4.78 is 0. The van der Waals surface area contributed by atoms with E-state index >= 15 is 0 Å². The van der Waals surface area contributed by atoms with Gasteiger partial charge in [0.25, 0.3) is 0 Å². The molecule has 0 spiro atoms. The van der Waals surface area contributed by atoms with Gasteiger partial charge in [-0.05, 0) is 50.4 Å². The second kappa shape index (κ2) is 8.65. The normalized spacial score (nSPS) is 27.9. The average molecular weight is 332 g/mol. The molecule has 5 nitrogen and oxygen atoms in total. The molecule has 1 aromatic rings. The number of hydrogen-bond acceptors (Lipinski definition) is 5. The van der Waals surface area contributed by atoms with Gasteiger partial charge in [0.15, 0.2) is 0 Å². The summed E-state index contributed by atoms with van der Waals surface area (Å²) in [6, 6.07) is 2.08. The van der Waals surface area contributed by atoms with E-state index in [0.29, 0.717) is 5.92 Å². The van der Waals surface area contributed by atoms with Crippen LogP contribution in [0.3, 0.4) is 0 Å². The van der Waals surface area contributed by atoms with Crippen molar-refractivity contribution in [3.05, 3.63) is 12.4 Å². The first-order valence-corrected chi connectivity index (χ1v) is 9.71. The van der Waals surface area contributed by atoms with E-state index in [1.165, 1.54) is 32.1 Å². The van der Waals surface area contributed by atoms with Gasteiger partial charge in [-0.2, -0.15) is 0 Å². The molecule has 3 atom stereocenters. The number of aliphatic hydroxyl groups excluding tert-OH is 1. The van der Waals surface area contributed by atoms with Gasteiger partial charge in [0, 0.05) is 25.7 Å². The number of nitrogens with zero attached hydrogens (tertiary/aromatic N) is 3. The van der Waals surface area contributed by atoms with Gasteiger partial charge >= 0.3 is 0 Å². The molecule has 2 N–H and O–H groups in total. The fraction of sp³-hybridized carbons (Fsp3) is 0.789. The Balaban J connectivity index is 1.44. The molecular weight excluding hydrogens is 300 g/mol. The zero-order chi connectivity index (χ0) is 16.8. The molecule has 1 saturated heterocycles. The first-order valence-electron chi connectivity index (χ1n) is 9.71. The van der Waals surface area contributed by atoms with Crippen molar-refractivity contribution in [2.24, 2.45) is 11.8 Å². The van der Waals surface area contributed by atoms with Crippen molar-refractivity contribution in [2.75, 3.05) is 29.9 Å². The van der Waals surface area contributed by atoms with Crippen LogP contribution in [0.1, 0.15) is 58.3 Å². The molecule has 0 bridgehead atoms. The summed E-state index contributed by atoms with van der Waals surface area (Å²) >= 11 is 0. The maximum atomic E-state index is 10.0. The Morgan fingerprint density at radius 1 is 1.21 bits per heavy atom. The van der Waals surface area contributed by atoms with Crippen LogP contribution in [0.4, 0.5) is 11.6 Å². The minimum Gasteiger partial charge on any atom is -0.393 e. The first kappa shape index (κ1) is 17.5. The van der Waals surface area contributed by atoms with Crippen molar-refractivity contribution in [3.8, 4) is 0 Å². The summed E-state index contributed by atoms with van der Waals surface area (Å²) in [5.41, 5.74) is 0. The fourth-order valence-corrected chi connectivity index (χ4v) is 4.12. The van der Waals surface area contributed by atoms with E-state index < -0.39 is 0 Å². The van der Waals surface area contributed by atoms with Gasteiger partial charge in [0.1, 0.15) is 18.0 Å². The van der Waals surface area contributed by atoms with E-state index in [-0.39, 0.29) is 6.10 Å². The van der Waals surface area contributed by atoms with E-state index in [9.17, 15) is 5.11 Å². The summed E-state index contributed by atoms with van der Waals surface area (Å²) in [6.07, 6.45) is 11.0. The molecule has 3 unspecified atom stereocenters. The van der Waals surface area contributed by atoms with Gasteiger partial charge in [0.05, 0.1) is 6.10 Å². The summed E-state index contributed by atoms with van der Waals surface area (Å²) in [4.78, 5) is 11.2. The third-order valence-corrected chi connectivity index (χ3v) is 5.56. The smallest absolute Gasteiger partial charge is 0.134 e. The van der Waals surface area contributed by atoms with Crippen molar-refractivity contribution >= 4 is 11.6 Å². The second-order valence-electron chi connectivity index (χ2n) is 7.64. The lowest BCUT2D eigenvalue weighted by Gasteiger charge is -2.31. The third kappa shape index (κ3) is 4.82. The number of piperidine rings is 1. The molecule has 0 amide bonds. The lowest BCUT2D eigenvalue weighted by Crippen LogP contribution is -2.34. The summed E-state index contributed by atoms with van der Waals surface area (Å²) in [5.74, 6) is 3.20. The molecule has 1 saturated carbocycles. The fourth-order valence-electron chi connectivity index (χ4n) is 4.12. The minimum atomic E-state index is -0.0782. The number of rotatable bonds is 6. The van der Waals surface area contributed by atoms with Crippen LogP contribution in [0.5, 0.6) is 0 Å². The van der Waals surface area contributed by atoms with Gasteiger partial charge in [0.2, 0.25) is 0 Å². The summed E-state index contributed by atoms with van der Waals surface area (Å²) in [7, 11) is 0. The van der Waals surface area contributed by atoms with E-state index in [0.717, 1.165) is 56.5 Å². The maximum Gasteiger partial charge on any atom is 0.134 e. The van der Waals surface area contributed by atoms with Crippen molar-refractivity contribution < 1.29 is 5.11 Å². The monoisotopic (exact) mass is 332 g/mol. The van der Waals surface area contributed by atoms with Crippen LogP contribution in [-0.2, 0) is 0 Å². The lowest BCUT2D eigenvalue weighted by molar-refractivity contribution is 0.0648.